The fourth-order valence-corrected chi connectivity index (χ4v) is 3.24. The van der Waals surface area contributed by atoms with Crippen LogP contribution < -0.4 is 4.74 Å². The van der Waals surface area contributed by atoms with Gasteiger partial charge in [0.25, 0.3) is 0 Å². The highest BCUT2D eigenvalue weighted by Crippen LogP contribution is 2.34. The lowest BCUT2D eigenvalue weighted by atomic mass is 10.1. The molecule has 2 aromatic carbocycles. The molecule has 0 atom stereocenters. The third-order valence-electron chi connectivity index (χ3n) is 4.74. The average molecular weight is 401 g/mol. The van der Waals surface area contributed by atoms with Gasteiger partial charge in [-0.15, -0.1) is 10.2 Å². The Labute approximate surface area is 170 Å². The van der Waals surface area contributed by atoms with Gasteiger partial charge in [0.2, 0.25) is 5.88 Å². The lowest BCUT2D eigenvalue weighted by molar-refractivity contribution is 0.281. The summed E-state index contributed by atoms with van der Waals surface area (Å²) in [6.45, 7) is 0.177. The summed E-state index contributed by atoms with van der Waals surface area (Å²) in [5.74, 6) is 0.624. The topological polar surface area (TPSA) is 83.0 Å². The fourth-order valence-electron chi connectivity index (χ4n) is 3.24. The van der Waals surface area contributed by atoms with Crippen LogP contribution in [0.5, 0.6) is 5.88 Å². The quantitative estimate of drug-likeness (QED) is 0.449. The Bertz CT molecular complexity index is 1330. The van der Waals surface area contributed by atoms with E-state index < -0.39 is 5.82 Å². The SMILES string of the molecule is Cn1ncnc1COc1nc2c(-c3ccccc3F)nncn2c1-c1ccccc1. The number of aryl methyl sites for hydroxylation is 1. The number of ether oxygens (including phenoxy) is 1. The number of benzene rings is 2. The number of hydrogen-bond acceptors (Lipinski definition) is 6. The molecule has 0 fully saturated rings. The van der Waals surface area contributed by atoms with E-state index in [1.807, 2.05) is 30.3 Å². The Balaban J connectivity index is 1.69. The van der Waals surface area contributed by atoms with E-state index in [-0.39, 0.29) is 6.61 Å². The molecule has 3 aromatic heterocycles. The van der Waals surface area contributed by atoms with Crippen molar-refractivity contribution < 1.29 is 9.13 Å². The molecule has 0 bridgehead atoms. The highest BCUT2D eigenvalue weighted by atomic mass is 19.1. The third kappa shape index (κ3) is 3.06. The Kier molecular flexibility index (Phi) is 4.40. The second-order valence-electron chi connectivity index (χ2n) is 6.57. The number of nitrogens with zero attached hydrogens (tertiary/aromatic N) is 7. The molecule has 5 rings (SSSR count). The first-order valence-electron chi connectivity index (χ1n) is 9.22. The molecule has 148 valence electrons. The van der Waals surface area contributed by atoms with Gasteiger partial charge >= 0.3 is 0 Å². The molecule has 0 aliphatic carbocycles. The number of imidazole rings is 1. The molecule has 8 nitrogen and oxygen atoms in total. The molecular weight excluding hydrogens is 385 g/mol. The molecule has 0 amide bonds. The van der Waals surface area contributed by atoms with Crippen molar-refractivity contribution in [1.82, 2.24) is 34.3 Å². The first kappa shape index (κ1) is 17.9. The van der Waals surface area contributed by atoms with Crippen molar-refractivity contribution in [2.24, 2.45) is 7.05 Å². The van der Waals surface area contributed by atoms with Crippen LogP contribution in [-0.2, 0) is 13.7 Å². The maximum Gasteiger partial charge on any atom is 0.241 e. The van der Waals surface area contributed by atoms with Crippen molar-refractivity contribution in [2.45, 2.75) is 6.61 Å². The molecule has 0 N–H and O–H groups in total. The largest absolute Gasteiger partial charge is 0.468 e. The Morgan fingerprint density at radius 3 is 2.60 bits per heavy atom. The molecule has 3 heterocycles. The molecule has 0 saturated heterocycles. The normalized spacial score (nSPS) is 11.1. The minimum atomic E-state index is -0.397. The lowest BCUT2D eigenvalue weighted by Crippen LogP contribution is -2.05. The Morgan fingerprint density at radius 2 is 1.83 bits per heavy atom. The van der Waals surface area contributed by atoms with Gasteiger partial charge in [-0.1, -0.05) is 42.5 Å². The van der Waals surface area contributed by atoms with Crippen LogP contribution in [0.3, 0.4) is 0 Å². The summed E-state index contributed by atoms with van der Waals surface area (Å²) in [5, 5.41) is 12.3. The van der Waals surface area contributed by atoms with Gasteiger partial charge < -0.3 is 4.74 Å². The van der Waals surface area contributed by atoms with Crippen molar-refractivity contribution in [2.75, 3.05) is 0 Å². The fraction of sp³-hybridized carbons (Fsp3) is 0.0952. The van der Waals surface area contributed by atoms with Crippen LogP contribution in [0.4, 0.5) is 4.39 Å². The van der Waals surface area contributed by atoms with E-state index in [2.05, 4.69) is 25.3 Å². The van der Waals surface area contributed by atoms with Crippen LogP contribution in [0.15, 0.2) is 67.3 Å². The Hall–Kier alpha value is -4.14. The molecule has 0 aliphatic heterocycles. The molecule has 0 radical (unpaired) electrons. The third-order valence-corrected chi connectivity index (χ3v) is 4.74. The van der Waals surface area contributed by atoms with E-state index >= 15 is 0 Å². The van der Waals surface area contributed by atoms with E-state index in [0.29, 0.717) is 34.3 Å². The zero-order valence-electron chi connectivity index (χ0n) is 16.0. The minimum Gasteiger partial charge on any atom is -0.468 e. The highest BCUT2D eigenvalue weighted by molar-refractivity contribution is 5.79. The summed E-state index contributed by atoms with van der Waals surface area (Å²) in [4.78, 5) is 8.83. The van der Waals surface area contributed by atoms with Crippen LogP contribution >= 0.6 is 0 Å². The number of fused-ring (bicyclic) bond motifs is 1. The van der Waals surface area contributed by atoms with Crippen LogP contribution in [-0.4, -0.2) is 34.3 Å². The van der Waals surface area contributed by atoms with Crippen LogP contribution in [0.2, 0.25) is 0 Å². The predicted octanol–water partition coefficient (Wildman–Crippen LogP) is 3.30. The summed E-state index contributed by atoms with van der Waals surface area (Å²) >= 11 is 0. The van der Waals surface area contributed by atoms with Gasteiger partial charge in [-0.05, 0) is 12.1 Å². The van der Waals surface area contributed by atoms with Gasteiger partial charge in [0.05, 0.1) is 0 Å². The highest BCUT2D eigenvalue weighted by Gasteiger charge is 2.21. The zero-order valence-corrected chi connectivity index (χ0v) is 16.0. The molecule has 0 spiro atoms. The molecule has 0 unspecified atom stereocenters. The second-order valence-corrected chi connectivity index (χ2v) is 6.57. The van der Waals surface area contributed by atoms with Gasteiger partial charge in [-0.25, -0.2) is 9.37 Å². The number of aromatic nitrogens is 7. The van der Waals surface area contributed by atoms with E-state index in [1.165, 1.54) is 12.4 Å². The summed E-state index contributed by atoms with van der Waals surface area (Å²) in [7, 11) is 1.79. The van der Waals surface area contributed by atoms with Crippen LogP contribution in [0, 0.1) is 5.82 Å². The number of halogens is 1. The first-order valence-corrected chi connectivity index (χ1v) is 9.22. The maximum absolute atomic E-state index is 14.5. The number of hydrogen-bond donors (Lipinski definition) is 0. The van der Waals surface area contributed by atoms with E-state index in [0.717, 1.165) is 5.56 Å². The van der Waals surface area contributed by atoms with E-state index in [4.69, 9.17) is 4.74 Å². The van der Waals surface area contributed by atoms with Gasteiger partial charge in [0.1, 0.15) is 36.5 Å². The molecule has 0 saturated carbocycles. The first-order chi connectivity index (χ1) is 14.7. The maximum atomic E-state index is 14.5. The zero-order chi connectivity index (χ0) is 20.5. The molecular formula is C21H16FN7O. The molecule has 9 heteroatoms. The van der Waals surface area contributed by atoms with E-state index in [1.54, 1.807) is 40.7 Å². The van der Waals surface area contributed by atoms with Crippen LogP contribution in [0.25, 0.3) is 28.2 Å². The lowest BCUT2D eigenvalue weighted by Gasteiger charge is -2.07. The van der Waals surface area contributed by atoms with Crippen molar-refractivity contribution in [3.8, 4) is 28.4 Å². The van der Waals surface area contributed by atoms with Crippen molar-refractivity contribution in [3.05, 3.63) is 78.9 Å². The average Bonchev–Trinajstić information content (AvgIpc) is 3.36. The molecule has 5 aromatic rings. The molecule has 30 heavy (non-hydrogen) atoms. The van der Waals surface area contributed by atoms with Crippen LogP contribution in [0.1, 0.15) is 5.82 Å². The monoisotopic (exact) mass is 401 g/mol. The standard InChI is InChI=1S/C21H16FN7O/c1-28-17(23-12-25-28)11-30-21-19(14-7-3-2-4-8-14)29-13-24-27-18(20(29)26-21)15-9-5-6-10-16(15)22/h2-10,12-13H,11H2,1H3. The van der Waals surface area contributed by atoms with Crippen molar-refractivity contribution >= 4 is 5.65 Å². The van der Waals surface area contributed by atoms with Gasteiger partial charge in [0.15, 0.2) is 11.5 Å². The van der Waals surface area contributed by atoms with E-state index in [9.17, 15) is 4.39 Å². The van der Waals surface area contributed by atoms with Gasteiger partial charge in [-0.3, -0.25) is 9.08 Å². The summed E-state index contributed by atoms with van der Waals surface area (Å²) in [5.41, 5.74) is 2.67. The summed E-state index contributed by atoms with van der Waals surface area (Å²) in [6.07, 6.45) is 3.01. The molecule has 0 aliphatic rings. The van der Waals surface area contributed by atoms with Crippen molar-refractivity contribution in [3.63, 3.8) is 0 Å². The summed E-state index contributed by atoms with van der Waals surface area (Å²) < 4.78 is 23.9. The van der Waals surface area contributed by atoms with Gasteiger partial charge in [0, 0.05) is 18.2 Å². The second kappa shape index (κ2) is 7.36. The predicted molar refractivity (Wildman–Crippen MR) is 107 cm³/mol. The van der Waals surface area contributed by atoms with Gasteiger partial charge in [-0.2, -0.15) is 10.1 Å². The minimum absolute atomic E-state index is 0.177. The summed E-state index contributed by atoms with van der Waals surface area (Å²) in [6, 6.07) is 16.1. The number of rotatable bonds is 5. The smallest absolute Gasteiger partial charge is 0.241 e. The van der Waals surface area contributed by atoms with Crippen molar-refractivity contribution in [1.29, 1.82) is 0 Å². The Morgan fingerprint density at radius 1 is 1.03 bits per heavy atom.